The van der Waals surface area contributed by atoms with Crippen LogP contribution in [0.25, 0.3) is 0 Å². The fraction of sp³-hybridized carbons (Fsp3) is 0.455. The quantitative estimate of drug-likeness (QED) is 0.868. The molecule has 3 nitrogen and oxygen atoms in total. The van der Waals surface area contributed by atoms with E-state index in [4.69, 9.17) is 0 Å². The van der Waals surface area contributed by atoms with E-state index in [9.17, 15) is 13.5 Å². The van der Waals surface area contributed by atoms with E-state index in [-0.39, 0.29) is 5.75 Å². The lowest BCUT2D eigenvalue weighted by Crippen LogP contribution is -2.24. The average Bonchev–Trinajstić information content (AvgIpc) is 2.27. The molecule has 0 unspecified atom stereocenters. The van der Waals surface area contributed by atoms with E-state index < -0.39 is 20.1 Å². The number of hydrogen-bond donors (Lipinski definition) is 1. The van der Waals surface area contributed by atoms with Crippen molar-refractivity contribution in [3.05, 3.63) is 35.4 Å². The van der Waals surface area contributed by atoms with E-state index in [1.807, 2.05) is 13.0 Å². The number of aliphatic hydroxyl groups is 1. The highest BCUT2D eigenvalue weighted by molar-refractivity contribution is 9.11. The molecule has 1 rings (SSSR count). The highest BCUT2D eigenvalue weighted by Crippen LogP contribution is 2.27. The Morgan fingerprint density at radius 2 is 2.06 bits per heavy atom. The van der Waals surface area contributed by atoms with Crippen LogP contribution in [0.3, 0.4) is 0 Å². The molecule has 16 heavy (non-hydrogen) atoms. The third-order valence-corrected chi connectivity index (χ3v) is 6.34. The van der Waals surface area contributed by atoms with Crippen LogP contribution < -0.4 is 0 Å². The maximum atomic E-state index is 11.6. The van der Waals surface area contributed by atoms with Crippen LogP contribution in [-0.2, 0) is 9.84 Å². The number of halogens is 1. The van der Waals surface area contributed by atoms with Crippen LogP contribution in [0.4, 0.5) is 0 Å². The van der Waals surface area contributed by atoms with Gasteiger partial charge in [0.25, 0.3) is 0 Å². The van der Waals surface area contributed by atoms with Gasteiger partial charge in [-0.05, 0) is 12.5 Å². The van der Waals surface area contributed by atoms with Gasteiger partial charge < -0.3 is 5.11 Å². The molecule has 0 aliphatic rings. The van der Waals surface area contributed by atoms with E-state index in [0.717, 1.165) is 5.56 Å². The number of sulfone groups is 1. The number of aryl methyl sites for hydroxylation is 1. The predicted molar refractivity (Wildman–Crippen MR) is 68.3 cm³/mol. The molecule has 0 saturated heterocycles. The van der Waals surface area contributed by atoms with Crippen molar-refractivity contribution in [3.63, 3.8) is 0 Å². The van der Waals surface area contributed by atoms with Gasteiger partial charge in [0.05, 0.1) is 0 Å². The first-order chi connectivity index (χ1) is 7.38. The number of rotatable bonds is 4. The largest absolute Gasteiger partial charge is 0.386 e. The minimum absolute atomic E-state index is 0.00575. The SMILES string of the molecule is CCS(=O)(=O)[C@@H](Br)[C@@H](O)c1cccc(C)c1. The summed E-state index contributed by atoms with van der Waals surface area (Å²) in [6, 6.07) is 7.20. The van der Waals surface area contributed by atoms with E-state index >= 15 is 0 Å². The van der Waals surface area contributed by atoms with Crippen LogP contribution in [-0.4, -0.2) is 23.4 Å². The molecule has 0 aliphatic carbocycles. The lowest BCUT2D eigenvalue weighted by molar-refractivity contribution is 0.195. The van der Waals surface area contributed by atoms with E-state index in [2.05, 4.69) is 15.9 Å². The Morgan fingerprint density at radius 3 is 2.56 bits per heavy atom. The number of hydrogen-bond acceptors (Lipinski definition) is 3. The van der Waals surface area contributed by atoms with Gasteiger partial charge in [-0.2, -0.15) is 0 Å². The second-order valence-electron chi connectivity index (χ2n) is 3.66. The van der Waals surface area contributed by atoms with E-state index in [1.54, 1.807) is 25.1 Å². The molecular weight excluding hydrogens is 292 g/mol. The highest BCUT2D eigenvalue weighted by atomic mass is 79.9. The monoisotopic (exact) mass is 306 g/mol. The van der Waals surface area contributed by atoms with Crippen LogP contribution in [0.1, 0.15) is 24.2 Å². The topological polar surface area (TPSA) is 54.4 Å². The van der Waals surface area contributed by atoms with Crippen molar-refractivity contribution in [2.24, 2.45) is 0 Å². The number of alkyl halides is 1. The molecular formula is C11H15BrO3S. The minimum Gasteiger partial charge on any atom is -0.386 e. The van der Waals surface area contributed by atoms with Crippen molar-refractivity contribution in [3.8, 4) is 0 Å². The third kappa shape index (κ3) is 3.06. The standard InChI is InChI=1S/C11H15BrO3S/c1-3-16(14,15)11(12)10(13)9-6-4-5-8(2)7-9/h4-7,10-11,13H,3H2,1-2H3/t10-,11+/m0/s1. The molecule has 0 heterocycles. The summed E-state index contributed by atoms with van der Waals surface area (Å²) in [6.45, 7) is 3.46. The van der Waals surface area contributed by atoms with Crippen LogP contribution >= 0.6 is 15.9 Å². The number of aliphatic hydroxyl groups excluding tert-OH is 1. The van der Waals surface area contributed by atoms with Crippen molar-refractivity contribution in [1.82, 2.24) is 0 Å². The number of benzene rings is 1. The van der Waals surface area contributed by atoms with Gasteiger partial charge in [-0.25, -0.2) is 8.42 Å². The third-order valence-electron chi connectivity index (χ3n) is 2.38. The van der Waals surface area contributed by atoms with Gasteiger partial charge in [-0.1, -0.05) is 52.7 Å². The second kappa shape index (κ2) is 5.29. The fourth-order valence-corrected chi connectivity index (χ4v) is 3.33. The van der Waals surface area contributed by atoms with Crippen molar-refractivity contribution < 1.29 is 13.5 Å². The molecule has 0 saturated carbocycles. The second-order valence-corrected chi connectivity index (χ2v) is 7.67. The Hall–Kier alpha value is -0.390. The first-order valence-corrected chi connectivity index (χ1v) is 7.62. The molecule has 1 N–H and O–H groups in total. The Labute approximate surface area is 105 Å². The van der Waals surface area contributed by atoms with Gasteiger partial charge in [-0.15, -0.1) is 0 Å². The summed E-state index contributed by atoms with van der Waals surface area (Å²) in [7, 11) is -3.29. The smallest absolute Gasteiger partial charge is 0.165 e. The zero-order chi connectivity index (χ0) is 12.3. The fourth-order valence-electron chi connectivity index (χ4n) is 1.36. The maximum absolute atomic E-state index is 11.6. The Balaban J connectivity index is 2.99. The molecule has 0 spiro atoms. The van der Waals surface area contributed by atoms with Gasteiger partial charge in [0.2, 0.25) is 0 Å². The zero-order valence-corrected chi connectivity index (χ0v) is 11.6. The summed E-state index contributed by atoms with van der Waals surface area (Å²) in [4.78, 5) is 0. The van der Waals surface area contributed by atoms with Crippen LogP contribution in [0.2, 0.25) is 0 Å². The molecule has 0 bridgehead atoms. The Bertz CT molecular complexity index is 456. The van der Waals surface area contributed by atoms with Gasteiger partial charge in [-0.3, -0.25) is 0 Å². The molecule has 0 radical (unpaired) electrons. The lowest BCUT2D eigenvalue weighted by atomic mass is 10.1. The molecule has 1 aromatic carbocycles. The molecule has 0 fully saturated rings. The lowest BCUT2D eigenvalue weighted by Gasteiger charge is -2.17. The zero-order valence-electron chi connectivity index (χ0n) is 9.22. The van der Waals surface area contributed by atoms with Crippen LogP contribution in [0.15, 0.2) is 24.3 Å². The van der Waals surface area contributed by atoms with E-state index in [0.29, 0.717) is 5.56 Å². The maximum Gasteiger partial charge on any atom is 0.165 e. The van der Waals surface area contributed by atoms with Crippen molar-refractivity contribution in [2.45, 2.75) is 24.1 Å². The van der Waals surface area contributed by atoms with Crippen molar-refractivity contribution >= 4 is 25.8 Å². The Kier molecular flexibility index (Phi) is 4.52. The summed E-state index contributed by atoms with van der Waals surface area (Å²) in [5.41, 5.74) is 1.60. The van der Waals surface area contributed by atoms with E-state index in [1.165, 1.54) is 0 Å². The van der Waals surface area contributed by atoms with Gasteiger partial charge in [0.1, 0.15) is 10.3 Å². The molecule has 2 atom stereocenters. The summed E-state index contributed by atoms with van der Waals surface area (Å²) < 4.78 is 22.2. The van der Waals surface area contributed by atoms with Gasteiger partial charge in [0, 0.05) is 5.75 Å². The molecule has 5 heteroatoms. The van der Waals surface area contributed by atoms with Crippen molar-refractivity contribution in [1.29, 1.82) is 0 Å². The molecule has 90 valence electrons. The summed E-state index contributed by atoms with van der Waals surface area (Å²) in [5, 5.41) is 9.95. The Morgan fingerprint density at radius 1 is 1.44 bits per heavy atom. The molecule has 0 amide bonds. The van der Waals surface area contributed by atoms with Crippen LogP contribution in [0, 0.1) is 6.92 Å². The van der Waals surface area contributed by atoms with Gasteiger partial charge in [0.15, 0.2) is 9.84 Å². The average molecular weight is 307 g/mol. The minimum atomic E-state index is -3.29. The van der Waals surface area contributed by atoms with Crippen LogP contribution in [0.5, 0.6) is 0 Å². The summed E-state index contributed by atoms with van der Waals surface area (Å²) >= 11 is 3.05. The van der Waals surface area contributed by atoms with Gasteiger partial charge >= 0.3 is 0 Å². The summed E-state index contributed by atoms with van der Waals surface area (Å²) in [5.74, 6) is 0.00575. The molecule has 0 aromatic heterocycles. The van der Waals surface area contributed by atoms with Crippen molar-refractivity contribution in [2.75, 3.05) is 5.75 Å². The summed E-state index contributed by atoms with van der Waals surface area (Å²) in [6.07, 6.45) is -1.04. The molecule has 1 aromatic rings. The molecule has 0 aliphatic heterocycles. The first-order valence-electron chi connectivity index (χ1n) is 4.98. The first kappa shape index (κ1) is 13.7. The highest BCUT2D eigenvalue weighted by Gasteiger charge is 2.29. The normalized spacial score (nSPS) is 15.8. The predicted octanol–water partition coefficient (Wildman–Crippen LogP) is 2.18.